The van der Waals surface area contributed by atoms with Crippen LogP contribution in [0.25, 0.3) is 11.0 Å². The number of benzene rings is 2. The van der Waals surface area contributed by atoms with Crippen molar-refractivity contribution in [1.82, 2.24) is 14.9 Å². The molecule has 0 saturated heterocycles. The summed E-state index contributed by atoms with van der Waals surface area (Å²) in [5.41, 5.74) is 3.29. The lowest BCUT2D eigenvalue weighted by Gasteiger charge is -2.11. The first-order chi connectivity index (χ1) is 13.2. The van der Waals surface area contributed by atoms with E-state index in [1.165, 1.54) is 5.56 Å². The van der Waals surface area contributed by atoms with E-state index in [4.69, 9.17) is 9.72 Å². The summed E-state index contributed by atoms with van der Waals surface area (Å²) >= 11 is 0. The number of para-hydroxylation sites is 2. The Kier molecular flexibility index (Phi) is 5.10. The number of hydrogen-bond acceptors (Lipinski definition) is 3. The molecule has 0 radical (unpaired) electrons. The monoisotopic (exact) mass is 363 g/mol. The number of amides is 1. The van der Waals surface area contributed by atoms with Crippen LogP contribution in [-0.4, -0.2) is 22.1 Å². The molecule has 0 bridgehead atoms. The molecule has 4 rings (SSSR count). The summed E-state index contributed by atoms with van der Waals surface area (Å²) in [6.07, 6.45) is 2.90. The van der Waals surface area contributed by atoms with Gasteiger partial charge in [0.05, 0.1) is 24.2 Å². The molecule has 140 valence electrons. The van der Waals surface area contributed by atoms with Crippen molar-refractivity contribution in [1.29, 1.82) is 0 Å². The zero-order chi connectivity index (χ0) is 18.6. The molecule has 1 saturated carbocycles. The lowest BCUT2D eigenvalue weighted by atomic mass is 10.2. The highest BCUT2D eigenvalue weighted by Crippen LogP contribution is 2.29. The number of ether oxygens (including phenoxy) is 1. The fraction of sp³-hybridized carbons (Fsp3) is 0.364. The Morgan fingerprint density at radius 2 is 1.96 bits per heavy atom. The number of aryl methyl sites for hydroxylation is 2. The number of carbonyl (C=O) groups is 1. The normalized spacial score (nSPS) is 13.7. The van der Waals surface area contributed by atoms with Crippen LogP contribution in [0.2, 0.25) is 0 Å². The first-order valence-electron chi connectivity index (χ1n) is 9.62. The predicted octanol–water partition coefficient (Wildman–Crippen LogP) is 3.84. The predicted molar refractivity (Wildman–Crippen MR) is 106 cm³/mol. The summed E-state index contributed by atoms with van der Waals surface area (Å²) in [4.78, 5) is 16.7. The topological polar surface area (TPSA) is 56.1 Å². The van der Waals surface area contributed by atoms with Crippen molar-refractivity contribution in [3.63, 3.8) is 0 Å². The van der Waals surface area contributed by atoms with Crippen molar-refractivity contribution in [2.45, 2.75) is 39.3 Å². The molecule has 5 nitrogen and oxygen atoms in total. The maximum Gasteiger partial charge on any atom is 0.223 e. The number of hydrogen-bond donors (Lipinski definition) is 1. The quantitative estimate of drug-likeness (QED) is 0.619. The third kappa shape index (κ3) is 4.30. The van der Waals surface area contributed by atoms with E-state index in [1.54, 1.807) is 0 Å². The third-order valence-corrected chi connectivity index (χ3v) is 4.92. The van der Waals surface area contributed by atoms with Crippen molar-refractivity contribution in [2.24, 2.45) is 5.92 Å². The molecule has 1 N–H and O–H groups in total. The van der Waals surface area contributed by atoms with Gasteiger partial charge in [-0.25, -0.2) is 4.98 Å². The third-order valence-electron chi connectivity index (χ3n) is 4.92. The zero-order valence-electron chi connectivity index (χ0n) is 15.6. The maximum atomic E-state index is 12.0. The highest BCUT2D eigenvalue weighted by molar-refractivity contribution is 5.81. The van der Waals surface area contributed by atoms with Crippen molar-refractivity contribution in [3.05, 3.63) is 59.9 Å². The van der Waals surface area contributed by atoms with Crippen LogP contribution in [0.1, 0.15) is 30.7 Å². The molecule has 1 aromatic heterocycles. The lowest BCUT2D eigenvalue weighted by Crippen LogP contribution is -2.26. The molecular formula is C22H25N3O2. The average molecular weight is 363 g/mol. The summed E-state index contributed by atoms with van der Waals surface area (Å²) < 4.78 is 8.04. The van der Waals surface area contributed by atoms with E-state index in [9.17, 15) is 4.79 Å². The van der Waals surface area contributed by atoms with E-state index in [0.29, 0.717) is 13.2 Å². The fourth-order valence-corrected chi connectivity index (χ4v) is 3.21. The first kappa shape index (κ1) is 17.6. The van der Waals surface area contributed by atoms with E-state index in [1.807, 2.05) is 30.3 Å². The van der Waals surface area contributed by atoms with Gasteiger partial charge < -0.3 is 14.6 Å². The smallest absolute Gasteiger partial charge is 0.223 e. The minimum Gasteiger partial charge on any atom is -0.494 e. The van der Waals surface area contributed by atoms with Crippen molar-refractivity contribution < 1.29 is 9.53 Å². The number of nitrogens with zero attached hydrogens (tertiary/aromatic N) is 2. The second kappa shape index (κ2) is 7.82. The Morgan fingerprint density at radius 1 is 1.19 bits per heavy atom. The molecule has 27 heavy (non-hydrogen) atoms. The summed E-state index contributed by atoms with van der Waals surface area (Å²) in [5, 5.41) is 3.03. The van der Waals surface area contributed by atoms with Gasteiger partial charge in [-0.15, -0.1) is 0 Å². The van der Waals surface area contributed by atoms with Gasteiger partial charge in [0.15, 0.2) is 0 Å². The molecule has 2 aromatic carbocycles. The Labute approximate surface area is 159 Å². The first-order valence-corrected chi connectivity index (χ1v) is 9.62. The zero-order valence-corrected chi connectivity index (χ0v) is 15.6. The SMILES string of the molecule is Cc1ccc(OCCCn2c(CNC(=O)C3CC3)nc3ccccc32)cc1. The van der Waals surface area contributed by atoms with Gasteiger partial charge in [0.25, 0.3) is 0 Å². The van der Waals surface area contributed by atoms with Gasteiger partial charge in [0.1, 0.15) is 11.6 Å². The Bertz CT molecular complexity index is 926. The number of imidazole rings is 1. The summed E-state index contributed by atoms with van der Waals surface area (Å²) in [5.74, 6) is 2.16. The van der Waals surface area contributed by atoms with Crippen LogP contribution in [0.5, 0.6) is 5.75 Å². The molecule has 0 atom stereocenters. The molecule has 1 aliphatic rings. The van der Waals surface area contributed by atoms with Crippen molar-refractivity contribution in [3.8, 4) is 5.75 Å². The number of aromatic nitrogens is 2. The van der Waals surface area contributed by atoms with Gasteiger partial charge in [-0.05, 0) is 50.5 Å². The van der Waals surface area contributed by atoms with Gasteiger partial charge >= 0.3 is 0 Å². The number of rotatable bonds is 8. The molecule has 1 heterocycles. The molecule has 1 amide bonds. The van der Waals surface area contributed by atoms with Crippen LogP contribution in [0.15, 0.2) is 48.5 Å². The van der Waals surface area contributed by atoms with Crippen LogP contribution in [0.4, 0.5) is 0 Å². The lowest BCUT2D eigenvalue weighted by molar-refractivity contribution is -0.122. The Balaban J connectivity index is 1.40. The number of nitrogens with one attached hydrogen (secondary N) is 1. The molecule has 1 fully saturated rings. The van der Waals surface area contributed by atoms with Gasteiger partial charge in [-0.1, -0.05) is 29.8 Å². The standard InChI is InChI=1S/C22H25N3O2/c1-16-7-11-18(12-8-16)27-14-4-13-25-20-6-3-2-5-19(20)24-21(25)15-23-22(26)17-9-10-17/h2-3,5-8,11-12,17H,4,9-10,13-15H2,1H3,(H,23,26). The van der Waals surface area contributed by atoms with Crippen LogP contribution >= 0.6 is 0 Å². The molecule has 3 aromatic rings. The summed E-state index contributed by atoms with van der Waals surface area (Å²) in [6, 6.07) is 16.2. The van der Waals surface area contributed by atoms with Crippen molar-refractivity contribution in [2.75, 3.05) is 6.61 Å². The summed E-state index contributed by atoms with van der Waals surface area (Å²) in [7, 11) is 0. The van der Waals surface area contributed by atoms with Crippen LogP contribution in [-0.2, 0) is 17.9 Å². The number of fused-ring (bicyclic) bond motifs is 1. The highest BCUT2D eigenvalue weighted by Gasteiger charge is 2.29. The number of carbonyl (C=O) groups excluding carboxylic acids is 1. The van der Waals surface area contributed by atoms with E-state index < -0.39 is 0 Å². The minimum absolute atomic E-state index is 0.149. The maximum absolute atomic E-state index is 12.0. The molecule has 1 aliphatic carbocycles. The highest BCUT2D eigenvalue weighted by atomic mass is 16.5. The molecule has 0 spiro atoms. The average Bonchev–Trinajstić information content (AvgIpc) is 3.47. The van der Waals surface area contributed by atoms with Crippen molar-refractivity contribution >= 4 is 16.9 Å². The molecule has 0 unspecified atom stereocenters. The van der Waals surface area contributed by atoms with Gasteiger partial charge in [0, 0.05) is 12.5 Å². The Morgan fingerprint density at radius 3 is 2.74 bits per heavy atom. The van der Waals surface area contributed by atoms with Gasteiger partial charge in [0.2, 0.25) is 5.91 Å². The van der Waals surface area contributed by atoms with E-state index >= 15 is 0 Å². The molecule has 5 heteroatoms. The van der Waals surface area contributed by atoms with E-state index in [2.05, 4.69) is 35.0 Å². The van der Waals surface area contributed by atoms with E-state index in [0.717, 1.165) is 48.4 Å². The Hall–Kier alpha value is -2.82. The second-order valence-corrected chi connectivity index (χ2v) is 7.18. The largest absolute Gasteiger partial charge is 0.494 e. The fourth-order valence-electron chi connectivity index (χ4n) is 3.21. The second-order valence-electron chi connectivity index (χ2n) is 7.18. The molecule has 0 aliphatic heterocycles. The summed E-state index contributed by atoms with van der Waals surface area (Å²) in [6.45, 7) is 3.99. The van der Waals surface area contributed by atoms with Crippen LogP contribution in [0.3, 0.4) is 0 Å². The van der Waals surface area contributed by atoms with Crippen LogP contribution < -0.4 is 10.1 Å². The van der Waals surface area contributed by atoms with Crippen LogP contribution in [0, 0.1) is 12.8 Å². The van der Waals surface area contributed by atoms with Gasteiger partial charge in [-0.2, -0.15) is 0 Å². The van der Waals surface area contributed by atoms with Gasteiger partial charge in [-0.3, -0.25) is 4.79 Å². The minimum atomic E-state index is 0.149. The van der Waals surface area contributed by atoms with E-state index in [-0.39, 0.29) is 11.8 Å². The molecular weight excluding hydrogens is 338 g/mol.